The topological polar surface area (TPSA) is 80.2 Å². The van der Waals surface area contributed by atoms with Gasteiger partial charge in [0.15, 0.2) is 17.2 Å². The molecule has 1 aromatic heterocycles. The molecule has 2 N–H and O–H groups in total. The third-order valence-corrected chi connectivity index (χ3v) is 4.26. The molecule has 0 radical (unpaired) electrons. The van der Waals surface area contributed by atoms with E-state index in [1.54, 1.807) is 19.1 Å². The Kier molecular flexibility index (Phi) is 3.90. The fourth-order valence-electron chi connectivity index (χ4n) is 2.91. The van der Waals surface area contributed by atoms with Crippen LogP contribution in [0.3, 0.4) is 0 Å². The second-order valence-electron chi connectivity index (χ2n) is 6.03. The van der Waals surface area contributed by atoms with Crippen molar-refractivity contribution in [2.24, 2.45) is 0 Å². The molecule has 1 atom stereocenters. The van der Waals surface area contributed by atoms with Crippen molar-refractivity contribution in [1.82, 2.24) is 15.2 Å². The normalized spacial score (nSPS) is 19.7. The smallest absolute Gasteiger partial charge is 0.318 e. The van der Waals surface area contributed by atoms with Crippen molar-refractivity contribution in [3.63, 3.8) is 0 Å². The largest absolute Gasteiger partial charge is 0.322 e. The van der Waals surface area contributed by atoms with E-state index < -0.39 is 29.1 Å². The second-order valence-corrected chi connectivity index (χ2v) is 6.03. The van der Waals surface area contributed by atoms with Crippen LogP contribution in [0, 0.1) is 25.5 Å². The van der Waals surface area contributed by atoms with E-state index in [0.717, 1.165) is 6.07 Å². The van der Waals surface area contributed by atoms with Gasteiger partial charge in [-0.25, -0.2) is 13.6 Å². The number of imide groups is 1. The van der Waals surface area contributed by atoms with E-state index in [2.05, 4.69) is 10.6 Å². The van der Waals surface area contributed by atoms with Gasteiger partial charge in [-0.1, -0.05) is 12.1 Å². The molecule has 8 heteroatoms. The lowest BCUT2D eigenvalue weighted by atomic mass is 9.88. The van der Waals surface area contributed by atoms with Gasteiger partial charge in [0.1, 0.15) is 0 Å². The number of aryl methyl sites for hydroxylation is 2. The van der Waals surface area contributed by atoms with Crippen LogP contribution in [0.15, 0.2) is 35.3 Å². The van der Waals surface area contributed by atoms with Gasteiger partial charge >= 0.3 is 6.03 Å². The Labute approximate surface area is 141 Å². The first-order chi connectivity index (χ1) is 11.7. The van der Waals surface area contributed by atoms with E-state index in [-0.39, 0.29) is 23.2 Å². The number of benzene rings is 1. The van der Waals surface area contributed by atoms with Crippen molar-refractivity contribution < 1.29 is 18.4 Å². The molecule has 25 heavy (non-hydrogen) atoms. The Bertz CT molecular complexity index is 931. The molecule has 1 aromatic carbocycles. The predicted molar refractivity (Wildman–Crippen MR) is 84.9 cm³/mol. The van der Waals surface area contributed by atoms with E-state index in [1.165, 1.54) is 23.8 Å². The maximum absolute atomic E-state index is 13.9. The zero-order valence-electron chi connectivity index (χ0n) is 13.5. The molecule has 0 saturated carbocycles. The minimum absolute atomic E-state index is 0.0140. The van der Waals surface area contributed by atoms with Crippen molar-refractivity contribution in [2.75, 3.05) is 0 Å². The standard InChI is InChI=1S/C17H15F2N3O3/c1-9-4-3-5-22(14(9)23)8-17(15(24)20-16(25)21-17)11-6-10(2)13(19)12(18)7-11/h3-7H,8H2,1-2H3,(H2,20,21,24,25). The summed E-state index contributed by atoms with van der Waals surface area (Å²) < 4.78 is 28.8. The summed E-state index contributed by atoms with van der Waals surface area (Å²) in [4.78, 5) is 36.5. The number of halogens is 2. The van der Waals surface area contributed by atoms with Crippen LogP contribution in [0.25, 0.3) is 0 Å². The van der Waals surface area contributed by atoms with Crippen LogP contribution >= 0.6 is 0 Å². The van der Waals surface area contributed by atoms with Crippen LogP contribution in [0.5, 0.6) is 0 Å². The molecule has 130 valence electrons. The first kappa shape index (κ1) is 16.8. The zero-order valence-corrected chi connectivity index (χ0v) is 13.5. The second kappa shape index (κ2) is 5.80. The number of carbonyl (C=O) groups is 2. The third-order valence-electron chi connectivity index (χ3n) is 4.26. The molecule has 6 nitrogen and oxygen atoms in total. The van der Waals surface area contributed by atoms with E-state index in [9.17, 15) is 23.2 Å². The third kappa shape index (κ3) is 2.69. The van der Waals surface area contributed by atoms with Crippen molar-refractivity contribution >= 4 is 11.9 Å². The van der Waals surface area contributed by atoms with E-state index in [0.29, 0.717) is 5.56 Å². The van der Waals surface area contributed by atoms with Gasteiger partial charge in [-0.3, -0.25) is 14.9 Å². The number of urea groups is 1. The van der Waals surface area contributed by atoms with Crippen LogP contribution in [0.1, 0.15) is 16.7 Å². The number of nitrogens with one attached hydrogen (secondary N) is 2. The average molecular weight is 347 g/mol. The Morgan fingerprint density at radius 2 is 1.84 bits per heavy atom. The summed E-state index contributed by atoms with van der Waals surface area (Å²) >= 11 is 0. The number of amides is 3. The molecule has 0 spiro atoms. The summed E-state index contributed by atoms with van der Waals surface area (Å²) in [5.41, 5.74) is -1.58. The summed E-state index contributed by atoms with van der Waals surface area (Å²) in [5.74, 6) is -2.91. The Hall–Kier alpha value is -3.03. The van der Waals surface area contributed by atoms with Crippen LogP contribution < -0.4 is 16.2 Å². The molecular formula is C17H15F2N3O3. The molecule has 1 unspecified atom stereocenters. The van der Waals surface area contributed by atoms with Gasteiger partial charge in [-0.05, 0) is 37.1 Å². The highest BCUT2D eigenvalue weighted by Gasteiger charge is 2.48. The van der Waals surface area contributed by atoms with Gasteiger partial charge in [0, 0.05) is 11.8 Å². The minimum atomic E-state index is -1.71. The van der Waals surface area contributed by atoms with Gasteiger partial charge in [-0.2, -0.15) is 0 Å². The molecule has 3 amide bonds. The van der Waals surface area contributed by atoms with Crippen LogP contribution in [-0.2, 0) is 16.9 Å². The van der Waals surface area contributed by atoms with Crippen LogP contribution in [-0.4, -0.2) is 16.5 Å². The van der Waals surface area contributed by atoms with E-state index >= 15 is 0 Å². The van der Waals surface area contributed by atoms with E-state index in [4.69, 9.17) is 0 Å². The summed E-state index contributed by atoms with van der Waals surface area (Å²) in [5, 5.41) is 4.55. The predicted octanol–water partition coefficient (Wildman–Crippen LogP) is 1.48. The summed E-state index contributed by atoms with van der Waals surface area (Å²) in [7, 11) is 0. The number of pyridine rings is 1. The molecule has 2 aromatic rings. The van der Waals surface area contributed by atoms with Crippen molar-refractivity contribution in [3.8, 4) is 0 Å². The molecule has 1 aliphatic rings. The van der Waals surface area contributed by atoms with E-state index in [1.807, 2.05) is 0 Å². The van der Waals surface area contributed by atoms with Gasteiger partial charge < -0.3 is 9.88 Å². The minimum Gasteiger partial charge on any atom is -0.318 e. The lowest BCUT2D eigenvalue weighted by Crippen LogP contribution is -2.49. The highest BCUT2D eigenvalue weighted by atomic mass is 19.2. The summed E-state index contributed by atoms with van der Waals surface area (Å²) in [6, 6.07) is 4.60. The van der Waals surface area contributed by atoms with Crippen molar-refractivity contribution in [1.29, 1.82) is 0 Å². The fourth-order valence-corrected chi connectivity index (χ4v) is 2.91. The Morgan fingerprint density at radius 1 is 1.12 bits per heavy atom. The summed E-state index contributed by atoms with van der Waals surface area (Å²) in [6.45, 7) is 2.71. The van der Waals surface area contributed by atoms with Gasteiger partial charge in [0.25, 0.3) is 11.5 Å². The van der Waals surface area contributed by atoms with Crippen LogP contribution in [0.2, 0.25) is 0 Å². The first-order valence-corrected chi connectivity index (χ1v) is 7.50. The maximum Gasteiger partial charge on any atom is 0.322 e. The molecule has 0 bridgehead atoms. The fraction of sp³-hybridized carbons (Fsp3) is 0.235. The number of aromatic nitrogens is 1. The average Bonchev–Trinajstić information content (AvgIpc) is 2.83. The first-order valence-electron chi connectivity index (χ1n) is 7.50. The quantitative estimate of drug-likeness (QED) is 0.826. The van der Waals surface area contributed by atoms with Gasteiger partial charge in [0.05, 0.1) is 6.54 Å². The molecule has 1 fully saturated rings. The molecular weight excluding hydrogens is 332 g/mol. The van der Waals surface area contributed by atoms with Gasteiger partial charge in [-0.15, -0.1) is 0 Å². The Balaban J connectivity index is 2.19. The highest BCUT2D eigenvalue weighted by molar-refractivity contribution is 6.07. The molecule has 1 saturated heterocycles. The maximum atomic E-state index is 13.9. The number of nitrogens with zero attached hydrogens (tertiary/aromatic N) is 1. The zero-order chi connectivity index (χ0) is 18.4. The molecule has 2 heterocycles. The highest BCUT2D eigenvalue weighted by Crippen LogP contribution is 2.29. The van der Waals surface area contributed by atoms with Crippen LogP contribution in [0.4, 0.5) is 13.6 Å². The number of hydrogen-bond donors (Lipinski definition) is 2. The SMILES string of the molecule is Cc1cc(C2(Cn3cccc(C)c3=O)NC(=O)NC2=O)cc(F)c1F. The molecule has 3 rings (SSSR count). The van der Waals surface area contributed by atoms with Crippen molar-refractivity contribution in [2.45, 2.75) is 25.9 Å². The molecule has 1 aliphatic heterocycles. The van der Waals surface area contributed by atoms with Crippen molar-refractivity contribution in [3.05, 3.63) is 69.1 Å². The number of carbonyl (C=O) groups excluding carboxylic acids is 2. The number of rotatable bonds is 3. The lowest BCUT2D eigenvalue weighted by molar-refractivity contribution is -0.124. The monoisotopic (exact) mass is 347 g/mol. The van der Waals surface area contributed by atoms with Gasteiger partial charge in [0.2, 0.25) is 0 Å². The Morgan fingerprint density at radius 3 is 2.44 bits per heavy atom. The number of hydrogen-bond acceptors (Lipinski definition) is 3. The lowest BCUT2D eigenvalue weighted by Gasteiger charge is -2.28. The molecule has 0 aliphatic carbocycles. The summed E-state index contributed by atoms with van der Waals surface area (Å²) in [6.07, 6.45) is 1.46.